The number of hydrogen-bond acceptors (Lipinski definition) is 0. The fourth-order valence-electron chi connectivity index (χ4n) is 3.20. The van der Waals surface area contributed by atoms with Gasteiger partial charge in [0.05, 0.1) is 0 Å². The molecule has 1 heterocycles. The van der Waals surface area contributed by atoms with E-state index in [1.165, 1.54) is 32.9 Å². The topological polar surface area (TPSA) is 4.93 Å². The molecule has 4 rings (SSSR count). The maximum atomic E-state index is 3.36. The molecule has 1 aliphatic rings. The molecule has 0 atom stereocenters. The summed E-state index contributed by atoms with van der Waals surface area (Å²) in [6.07, 6.45) is 10.4. The Kier molecular flexibility index (Phi) is 16.2. The van der Waals surface area contributed by atoms with Gasteiger partial charge < -0.3 is 4.57 Å². The summed E-state index contributed by atoms with van der Waals surface area (Å²) in [6, 6.07) is 13.2. The van der Waals surface area contributed by atoms with Crippen molar-refractivity contribution in [3.63, 3.8) is 0 Å². The van der Waals surface area contributed by atoms with Crippen molar-refractivity contribution >= 4 is 27.8 Å². The minimum Gasteiger partial charge on any atom is -0.347 e. The second-order valence-electron chi connectivity index (χ2n) is 5.86. The Hall–Kier alpha value is -2.54. The predicted molar refractivity (Wildman–Crippen MR) is 139 cm³/mol. The third kappa shape index (κ3) is 7.09. The van der Waals surface area contributed by atoms with Crippen molar-refractivity contribution in [3.05, 3.63) is 79.0 Å². The van der Waals surface area contributed by atoms with E-state index in [1.807, 2.05) is 41.5 Å². The van der Waals surface area contributed by atoms with E-state index in [0.29, 0.717) is 0 Å². The first-order valence-corrected chi connectivity index (χ1v) is 10.5. The van der Waals surface area contributed by atoms with E-state index in [0.717, 1.165) is 12.8 Å². The molecular formula is C28H43N. The zero-order valence-corrected chi connectivity index (χ0v) is 19.0. The zero-order chi connectivity index (χ0) is 21.5. The number of allylic oxidation sites excluding steroid dienone is 3. The first-order valence-electron chi connectivity index (χ1n) is 10.5. The molecule has 0 amide bonds. The van der Waals surface area contributed by atoms with Gasteiger partial charge in [-0.15, -0.1) is 13.2 Å². The van der Waals surface area contributed by atoms with Crippen molar-refractivity contribution in [3.8, 4) is 0 Å². The Balaban J connectivity index is 0. The Morgan fingerprint density at radius 2 is 1.45 bits per heavy atom. The highest BCUT2D eigenvalue weighted by Gasteiger charge is 2.16. The monoisotopic (exact) mass is 393 g/mol. The van der Waals surface area contributed by atoms with Crippen molar-refractivity contribution in [2.24, 2.45) is 7.05 Å². The van der Waals surface area contributed by atoms with Crippen LogP contribution in [-0.4, -0.2) is 4.57 Å². The zero-order valence-electron chi connectivity index (χ0n) is 19.0. The highest BCUT2D eigenvalue weighted by Crippen LogP contribution is 2.35. The van der Waals surface area contributed by atoms with Gasteiger partial charge in [0, 0.05) is 29.2 Å². The molecule has 0 aliphatic heterocycles. The second kappa shape index (κ2) is 16.4. The van der Waals surface area contributed by atoms with Gasteiger partial charge in [0.25, 0.3) is 0 Å². The molecule has 0 fully saturated rings. The molecule has 1 nitrogen and oxygen atoms in total. The summed E-state index contributed by atoms with van der Waals surface area (Å²) in [6.45, 7) is 18.5. The van der Waals surface area contributed by atoms with Gasteiger partial charge in [-0.2, -0.15) is 0 Å². The molecule has 0 N–H and O–H groups in total. The maximum Gasteiger partial charge on any atom is 0.0492 e. The summed E-state index contributed by atoms with van der Waals surface area (Å²) >= 11 is 0. The van der Waals surface area contributed by atoms with E-state index in [2.05, 4.69) is 73.3 Å². The number of rotatable bonds is 0. The number of aryl methyl sites for hydroxylation is 1. The highest BCUT2D eigenvalue weighted by molar-refractivity contribution is 6.11. The normalized spacial score (nSPS) is 10.2. The Labute approximate surface area is 180 Å². The summed E-state index contributed by atoms with van der Waals surface area (Å²) in [5.74, 6) is 0. The van der Waals surface area contributed by atoms with Crippen LogP contribution in [0, 0.1) is 0 Å². The van der Waals surface area contributed by atoms with E-state index in [1.54, 1.807) is 12.2 Å². The van der Waals surface area contributed by atoms with Crippen LogP contribution in [0.2, 0.25) is 0 Å². The lowest BCUT2D eigenvalue weighted by Gasteiger charge is -2.07. The second-order valence-corrected chi connectivity index (χ2v) is 5.86. The minimum absolute atomic E-state index is 0. The van der Waals surface area contributed by atoms with Gasteiger partial charge in [0.2, 0.25) is 0 Å². The molecule has 0 saturated carbocycles. The first-order chi connectivity index (χ1) is 13.7. The Morgan fingerprint density at radius 1 is 0.897 bits per heavy atom. The third-order valence-corrected chi connectivity index (χ3v) is 4.09. The number of hydrogen-bond donors (Lipinski definition) is 0. The minimum atomic E-state index is 0. The van der Waals surface area contributed by atoms with Crippen molar-refractivity contribution in [2.45, 2.75) is 61.8 Å². The van der Waals surface area contributed by atoms with Crippen molar-refractivity contribution in [1.29, 1.82) is 0 Å². The van der Waals surface area contributed by atoms with Crippen LogP contribution in [0.1, 0.15) is 66.6 Å². The summed E-state index contributed by atoms with van der Waals surface area (Å²) in [5.41, 5.74) is 4.25. The summed E-state index contributed by atoms with van der Waals surface area (Å²) in [5, 5.41) is 4.12. The molecule has 160 valence electrons. The van der Waals surface area contributed by atoms with Crippen LogP contribution in [0.25, 0.3) is 27.8 Å². The van der Waals surface area contributed by atoms with Crippen LogP contribution in [0.5, 0.6) is 0 Å². The van der Waals surface area contributed by atoms with Crippen LogP contribution in [0.4, 0.5) is 0 Å². The molecule has 0 unspecified atom stereocenters. The molecule has 1 aliphatic carbocycles. The number of aromatic nitrogens is 1. The molecular weight excluding hydrogens is 350 g/mol. The van der Waals surface area contributed by atoms with Gasteiger partial charge in [-0.05, 0) is 43.5 Å². The Bertz CT molecular complexity index is 872. The highest BCUT2D eigenvalue weighted by atomic mass is 14.9. The van der Waals surface area contributed by atoms with Gasteiger partial charge in [0.15, 0.2) is 0 Å². The van der Waals surface area contributed by atoms with Gasteiger partial charge >= 0.3 is 0 Å². The fraction of sp³-hybridized carbons (Fsp3) is 0.357. The summed E-state index contributed by atoms with van der Waals surface area (Å²) < 4.78 is 2.36. The van der Waals surface area contributed by atoms with E-state index in [-0.39, 0.29) is 7.43 Å². The van der Waals surface area contributed by atoms with Crippen LogP contribution in [0.3, 0.4) is 0 Å². The lowest BCUT2D eigenvalue weighted by molar-refractivity contribution is 0.824. The van der Waals surface area contributed by atoms with Crippen molar-refractivity contribution in [2.75, 3.05) is 0 Å². The lowest BCUT2D eigenvalue weighted by Crippen LogP contribution is -1.99. The predicted octanol–water partition coefficient (Wildman–Crippen LogP) is 9.36. The van der Waals surface area contributed by atoms with E-state index in [9.17, 15) is 0 Å². The van der Waals surface area contributed by atoms with E-state index < -0.39 is 0 Å². The van der Waals surface area contributed by atoms with Crippen molar-refractivity contribution < 1.29 is 0 Å². The van der Waals surface area contributed by atoms with Crippen LogP contribution in [-0.2, 0) is 13.5 Å². The van der Waals surface area contributed by atoms with Crippen molar-refractivity contribution in [1.82, 2.24) is 4.57 Å². The quantitative estimate of drug-likeness (QED) is 0.335. The number of fused-ring (bicyclic) bond motifs is 5. The lowest BCUT2D eigenvalue weighted by atomic mass is 9.98. The smallest absolute Gasteiger partial charge is 0.0492 e. The molecule has 0 radical (unpaired) electrons. The molecule has 2 aromatic carbocycles. The molecule has 3 aromatic rings. The standard InChI is InChI=1S/C17H15N.2C3H6.2C2H6.CH4/c1-18-15-9-5-4-8-14(15)17-13-7-3-2-6-12(13)10-11-16(17)18;2*1-3-2;2*1-2;/h2-4,6-8,10-11H,5,9H2,1H3;2*3H,1H2,2H3;2*1-2H3;1H4. The van der Waals surface area contributed by atoms with Gasteiger partial charge in [-0.25, -0.2) is 0 Å². The van der Waals surface area contributed by atoms with Crippen LogP contribution < -0.4 is 0 Å². The molecule has 1 aromatic heterocycles. The first kappa shape index (κ1) is 28.7. The van der Waals surface area contributed by atoms with Gasteiger partial charge in [0.1, 0.15) is 0 Å². The molecule has 0 saturated heterocycles. The average molecular weight is 394 g/mol. The third-order valence-electron chi connectivity index (χ3n) is 4.09. The van der Waals surface area contributed by atoms with Crippen LogP contribution >= 0.6 is 0 Å². The summed E-state index contributed by atoms with van der Waals surface area (Å²) in [4.78, 5) is 0. The van der Waals surface area contributed by atoms with Gasteiger partial charge in [-0.1, -0.05) is 89.8 Å². The molecule has 0 bridgehead atoms. The largest absolute Gasteiger partial charge is 0.347 e. The van der Waals surface area contributed by atoms with E-state index in [4.69, 9.17) is 0 Å². The Morgan fingerprint density at radius 3 is 2.03 bits per heavy atom. The fourth-order valence-corrected chi connectivity index (χ4v) is 3.20. The SMILES string of the molecule is C.C=CC.C=CC.CC.CC.Cn1c2c(c3c4ccccc4ccc31)C=CCC2. The average Bonchev–Trinajstić information content (AvgIpc) is 3.05. The van der Waals surface area contributed by atoms with E-state index >= 15 is 0 Å². The molecule has 1 heteroatoms. The molecule has 0 spiro atoms. The maximum absolute atomic E-state index is 3.36. The molecule has 29 heavy (non-hydrogen) atoms. The van der Waals surface area contributed by atoms with Crippen LogP contribution in [0.15, 0.2) is 67.8 Å². The number of nitrogens with zero attached hydrogens (tertiary/aromatic N) is 1. The van der Waals surface area contributed by atoms with Gasteiger partial charge in [-0.3, -0.25) is 0 Å². The number of benzene rings is 2. The summed E-state index contributed by atoms with van der Waals surface area (Å²) in [7, 11) is 2.19.